The summed E-state index contributed by atoms with van der Waals surface area (Å²) >= 11 is 6.10. The predicted octanol–water partition coefficient (Wildman–Crippen LogP) is 3.60. The first kappa shape index (κ1) is 13.0. The molecular formula is C13H17ClO2. The second kappa shape index (κ2) is 4.88. The van der Waals surface area contributed by atoms with Crippen molar-refractivity contribution in [3.8, 4) is 5.75 Å². The Balaban J connectivity index is 3.04. The zero-order chi connectivity index (χ0) is 12.3. The average Bonchev–Trinajstić information content (AvgIpc) is 2.20. The SMILES string of the molecule is CC(C)Oc1ccc(C(C)(C)C=O)cc1Cl. The number of ether oxygens (including phenoxy) is 1. The first-order valence-electron chi connectivity index (χ1n) is 5.30. The quantitative estimate of drug-likeness (QED) is 0.752. The maximum Gasteiger partial charge on any atom is 0.138 e. The molecule has 16 heavy (non-hydrogen) atoms. The predicted molar refractivity (Wildman–Crippen MR) is 66.3 cm³/mol. The minimum Gasteiger partial charge on any atom is -0.489 e. The van der Waals surface area contributed by atoms with E-state index < -0.39 is 5.41 Å². The number of halogens is 1. The van der Waals surface area contributed by atoms with E-state index in [1.165, 1.54) is 0 Å². The number of rotatable bonds is 4. The lowest BCUT2D eigenvalue weighted by Gasteiger charge is -2.19. The van der Waals surface area contributed by atoms with Crippen LogP contribution in [0.5, 0.6) is 5.75 Å². The molecule has 1 aromatic carbocycles. The molecule has 0 atom stereocenters. The highest BCUT2D eigenvalue weighted by atomic mass is 35.5. The number of carbonyl (C=O) groups excluding carboxylic acids is 1. The summed E-state index contributed by atoms with van der Waals surface area (Å²) in [6, 6.07) is 5.47. The monoisotopic (exact) mass is 240 g/mol. The van der Waals surface area contributed by atoms with E-state index in [1.54, 1.807) is 6.07 Å². The normalized spacial score (nSPS) is 11.6. The lowest BCUT2D eigenvalue weighted by atomic mass is 9.86. The van der Waals surface area contributed by atoms with Gasteiger partial charge in [-0.25, -0.2) is 0 Å². The number of hydrogen-bond donors (Lipinski definition) is 0. The largest absolute Gasteiger partial charge is 0.489 e. The fourth-order valence-corrected chi connectivity index (χ4v) is 1.54. The molecule has 0 saturated carbocycles. The first-order valence-corrected chi connectivity index (χ1v) is 5.67. The van der Waals surface area contributed by atoms with Crippen LogP contribution in [0.15, 0.2) is 18.2 Å². The molecule has 0 bridgehead atoms. The van der Waals surface area contributed by atoms with Crippen molar-refractivity contribution in [3.05, 3.63) is 28.8 Å². The lowest BCUT2D eigenvalue weighted by Crippen LogP contribution is -2.18. The fraction of sp³-hybridized carbons (Fsp3) is 0.462. The summed E-state index contributed by atoms with van der Waals surface area (Å²) < 4.78 is 5.53. The minimum atomic E-state index is -0.514. The molecule has 0 aromatic heterocycles. The van der Waals surface area contributed by atoms with Crippen molar-refractivity contribution in [1.29, 1.82) is 0 Å². The van der Waals surface area contributed by atoms with Gasteiger partial charge in [-0.15, -0.1) is 0 Å². The highest BCUT2D eigenvalue weighted by molar-refractivity contribution is 6.32. The van der Waals surface area contributed by atoms with Gasteiger partial charge in [0.05, 0.1) is 11.1 Å². The molecule has 0 radical (unpaired) electrons. The molecule has 0 unspecified atom stereocenters. The summed E-state index contributed by atoms with van der Waals surface area (Å²) in [6.45, 7) is 7.60. The Hall–Kier alpha value is -1.02. The van der Waals surface area contributed by atoms with Crippen LogP contribution in [0.25, 0.3) is 0 Å². The van der Waals surface area contributed by atoms with Crippen LogP contribution in [0.2, 0.25) is 5.02 Å². The number of aldehydes is 1. The summed E-state index contributed by atoms with van der Waals surface area (Å²) in [5, 5.41) is 0.543. The van der Waals surface area contributed by atoms with Gasteiger partial charge in [-0.05, 0) is 45.4 Å². The molecule has 88 valence electrons. The maximum atomic E-state index is 10.9. The highest BCUT2D eigenvalue weighted by Gasteiger charge is 2.20. The molecule has 0 heterocycles. The second-order valence-electron chi connectivity index (χ2n) is 4.65. The van der Waals surface area contributed by atoms with Crippen molar-refractivity contribution in [2.45, 2.75) is 39.2 Å². The molecule has 1 aromatic rings. The Labute approximate surface area is 102 Å². The summed E-state index contributed by atoms with van der Waals surface area (Å²) in [4.78, 5) is 10.9. The third-order valence-corrected chi connectivity index (χ3v) is 2.63. The molecule has 2 nitrogen and oxygen atoms in total. The van der Waals surface area contributed by atoms with Crippen LogP contribution in [0.4, 0.5) is 0 Å². The van der Waals surface area contributed by atoms with Gasteiger partial charge >= 0.3 is 0 Å². The highest BCUT2D eigenvalue weighted by Crippen LogP contribution is 2.31. The van der Waals surface area contributed by atoms with Gasteiger partial charge in [0.2, 0.25) is 0 Å². The van der Waals surface area contributed by atoms with Crippen molar-refractivity contribution in [1.82, 2.24) is 0 Å². The summed E-state index contributed by atoms with van der Waals surface area (Å²) in [5.74, 6) is 0.655. The molecule has 0 amide bonds. The number of benzene rings is 1. The van der Waals surface area contributed by atoms with E-state index in [0.29, 0.717) is 10.8 Å². The average molecular weight is 241 g/mol. The van der Waals surface area contributed by atoms with Gasteiger partial charge in [0, 0.05) is 5.41 Å². The maximum absolute atomic E-state index is 10.9. The lowest BCUT2D eigenvalue weighted by molar-refractivity contribution is -0.111. The molecule has 0 N–H and O–H groups in total. The first-order chi connectivity index (χ1) is 7.36. The van der Waals surface area contributed by atoms with Gasteiger partial charge < -0.3 is 9.53 Å². The zero-order valence-electron chi connectivity index (χ0n) is 10.1. The van der Waals surface area contributed by atoms with E-state index >= 15 is 0 Å². The van der Waals surface area contributed by atoms with E-state index in [1.807, 2.05) is 39.8 Å². The van der Waals surface area contributed by atoms with Crippen LogP contribution in [-0.4, -0.2) is 12.4 Å². The molecule has 0 saturated heterocycles. The number of carbonyl (C=O) groups is 1. The van der Waals surface area contributed by atoms with Crippen molar-refractivity contribution in [2.75, 3.05) is 0 Å². The molecule has 0 spiro atoms. The van der Waals surface area contributed by atoms with Crippen LogP contribution in [0, 0.1) is 0 Å². The summed E-state index contributed by atoms with van der Waals surface area (Å²) in [7, 11) is 0. The van der Waals surface area contributed by atoms with Crippen molar-refractivity contribution >= 4 is 17.9 Å². The molecular weight excluding hydrogens is 224 g/mol. The Morgan fingerprint density at radius 2 is 2.00 bits per heavy atom. The van der Waals surface area contributed by atoms with E-state index in [-0.39, 0.29) is 6.10 Å². The number of hydrogen-bond acceptors (Lipinski definition) is 2. The van der Waals surface area contributed by atoms with E-state index in [2.05, 4.69) is 0 Å². The summed E-state index contributed by atoms with van der Waals surface area (Å²) in [6.07, 6.45) is 1.00. The Kier molecular flexibility index (Phi) is 3.98. The summed E-state index contributed by atoms with van der Waals surface area (Å²) in [5.41, 5.74) is 0.378. The minimum absolute atomic E-state index is 0.0856. The molecule has 0 fully saturated rings. The van der Waals surface area contributed by atoms with Gasteiger partial charge in [-0.1, -0.05) is 17.7 Å². The van der Waals surface area contributed by atoms with Crippen molar-refractivity contribution in [3.63, 3.8) is 0 Å². The van der Waals surface area contributed by atoms with Crippen molar-refractivity contribution in [2.24, 2.45) is 0 Å². The van der Waals surface area contributed by atoms with Gasteiger partial charge in [-0.3, -0.25) is 0 Å². The molecule has 1 rings (SSSR count). The van der Waals surface area contributed by atoms with E-state index in [4.69, 9.17) is 16.3 Å². The van der Waals surface area contributed by atoms with Crippen molar-refractivity contribution < 1.29 is 9.53 Å². The Morgan fingerprint density at radius 1 is 1.38 bits per heavy atom. The van der Waals surface area contributed by atoms with Gasteiger partial charge in [0.1, 0.15) is 12.0 Å². The van der Waals surface area contributed by atoms with Crippen LogP contribution >= 0.6 is 11.6 Å². The Morgan fingerprint density at radius 3 is 2.44 bits per heavy atom. The van der Waals surface area contributed by atoms with E-state index in [0.717, 1.165) is 11.8 Å². The second-order valence-corrected chi connectivity index (χ2v) is 5.06. The topological polar surface area (TPSA) is 26.3 Å². The van der Waals surface area contributed by atoms with Gasteiger partial charge in [0.15, 0.2) is 0 Å². The van der Waals surface area contributed by atoms with Crippen LogP contribution in [0.1, 0.15) is 33.3 Å². The molecule has 3 heteroatoms. The van der Waals surface area contributed by atoms with Crippen LogP contribution < -0.4 is 4.74 Å². The third-order valence-electron chi connectivity index (χ3n) is 2.33. The van der Waals surface area contributed by atoms with E-state index in [9.17, 15) is 4.79 Å². The fourth-order valence-electron chi connectivity index (χ4n) is 1.32. The van der Waals surface area contributed by atoms with Gasteiger partial charge in [0.25, 0.3) is 0 Å². The standard InChI is InChI=1S/C13H17ClO2/c1-9(2)16-12-6-5-10(7-11(12)14)13(3,4)8-15/h5-9H,1-4H3. The van der Waals surface area contributed by atoms with Crippen LogP contribution in [0.3, 0.4) is 0 Å². The zero-order valence-corrected chi connectivity index (χ0v) is 10.8. The molecule has 0 aliphatic heterocycles. The Bertz CT molecular complexity index is 384. The molecule has 0 aliphatic carbocycles. The van der Waals surface area contributed by atoms with Gasteiger partial charge in [-0.2, -0.15) is 0 Å². The smallest absolute Gasteiger partial charge is 0.138 e. The molecule has 0 aliphatic rings. The van der Waals surface area contributed by atoms with Crippen LogP contribution in [-0.2, 0) is 10.2 Å². The third kappa shape index (κ3) is 2.99.